The number of nitrogens with zero attached hydrogens (tertiary/aromatic N) is 2. The summed E-state index contributed by atoms with van der Waals surface area (Å²) < 4.78 is 12.2. The highest BCUT2D eigenvalue weighted by Crippen LogP contribution is 2.53. The van der Waals surface area contributed by atoms with E-state index in [4.69, 9.17) is 4.74 Å². The van der Waals surface area contributed by atoms with Gasteiger partial charge in [0, 0.05) is 30.7 Å². The molecule has 0 saturated heterocycles. The van der Waals surface area contributed by atoms with Gasteiger partial charge in [-0.15, -0.1) is 0 Å². The largest absolute Gasteiger partial charge is 0.462 e. The van der Waals surface area contributed by atoms with Crippen molar-refractivity contribution in [2.45, 2.75) is 40.3 Å². The lowest BCUT2D eigenvalue weighted by atomic mass is 10.1. The summed E-state index contributed by atoms with van der Waals surface area (Å²) in [4.78, 5) is 13.0. The van der Waals surface area contributed by atoms with Crippen LogP contribution in [0.15, 0.2) is 78.7 Å². The van der Waals surface area contributed by atoms with Gasteiger partial charge in [0.15, 0.2) is 24.8 Å². The summed E-state index contributed by atoms with van der Waals surface area (Å²) in [6.45, 7) is 4.48. The van der Waals surface area contributed by atoms with E-state index in [0.29, 0.717) is 11.5 Å². The van der Waals surface area contributed by atoms with Gasteiger partial charge in [0.2, 0.25) is 0 Å². The van der Waals surface area contributed by atoms with Crippen LogP contribution in [0.5, 0.6) is 0 Å². The minimum Gasteiger partial charge on any atom is -0.462 e. The molecule has 4 rings (SSSR count). The van der Waals surface area contributed by atoms with Gasteiger partial charge in [0.25, 0.3) is 0 Å². The maximum absolute atomic E-state index is 12.3. The second-order valence-electron chi connectivity index (χ2n) is 6.87. The number of carbonyl (C=O) groups excluding carboxylic acids is 1. The van der Waals surface area contributed by atoms with Gasteiger partial charge in [-0.3, -0.25) is 0 Å². The number of esters is 1. The Balaban J connectivity index is 0.00000289. The smallest absolute Gasteiger partial charge is 0.345 e. The third-order valence-electron chi connectivity index (χ3n) is 4.77. The summed E-state index contributed by atoms with van der Waals surface area (Å²) in [5.74, 6) is -0.210. The first kappa shape index (κ1) is 25.0. The third-order valence-corrected chi connectivity index (χ3v) is 9.77. The molecule has 0 saturated carbocycles. The second kappa shape index (κ2) is 12.6. The third kappa shape index (κ3) is 6.70. The number of pyridine rings is 2. The first-order valence-electron chi connectivity index (χ1n) is 10.2. The van der Waals surface area contributed by atoms with Crippen molar-refractivity contribution in [2.24, 2.45) is 0 Å². The molecule has 0 N–H and O–H groups in total. The van der Waals surface area contributed by atoms with Gasteiger partial charge < -0.3 is 4.74 Å². The number of ether oxygens (including phenoxy) is 1. The molecule has 32 heavy (non-hydrogen) atoms. The van der Waals surface area contributed by atoms with E-state index in [1.54, 1.807) is 35.3 Å². The van der Waals surface area contributed by atoms with E-state index >= 15 is 0 Å². The standard InChI is InChI=1S/C23H24N2O2S4.CH4/c1-2-24-10-5-18(6-11-24)19-7-12-25(13-8-19)9-3-4-14-27-21(26)20-17-30-23(31-20)22-28-15-16-29-22;/h5-8,10-13,15-17H,2-4,9,14H2,1H3;1H4/q+2;. The highest BCUT2D eigenvalue weighted by Gasteiger charge is 2.24. The van der Waals surface area contributed by atoms with E-state index in [-0.39, 0.29) is 13.4 Å². The number of thioether (sulfide) groups is 4. The number of unbranched alkanes of at least 4 members (excludes halogenated alkanes) is 1. The number of aryl methyl sites for hydroxylation is 2. The predicted molar refractivity (Wildman–Crippen MR) is 139 cm³/mol. The molecule has 4 heterocycles. The predicted octanol–water partition coefficient (Wildman–Crippen LogP) is 6.31. The quantitative estimate of drug-likeness (QED) is 0.238. The SMILES string of the molecule is C.CC[n+]1ccc(-c2cc[n+](CCCCOC(=O)C3=CSC(=C4SC=CS4)S3)cc2)cc1. The van der Waals surface area contributed by atoms with Crippen LogP contribution in [0, 0.1) is 0 Å². The normalized spacial score (nSPS) is 15.0. The van der Waals surface area contributed by atoms with Crippen molar-refractivity contribution in [3.8, 4) is 11.1 Å². The van der Waals surface area contributed by atoms with E-state index in [1.165, 1.54) is 31.4 Å². The molecule has 2 aromatic rings. The zero-order chi connectivity index (χ0) is 21.5. The van der Waals surface area contributed by atoms with Crippen molar-refractivity contribution in [2.75, 3.05) is 6.61 Å². The van der Waals surface area contributed by atoms with Crippen LogP contribution in [0.4, 0.5) is 0 Å². The number of carbonyl (C=O) groups is 1. The topological polar surface area (TPSA) is 34.1 Å². The summed E-state index contributed by atoms with van der Waals surface area (Å²) in [5, 5.41) is 6.04. The van der Waals surface area contributed by atoms with Crippen molar-refractivity contribution in [3.63, 3.8) is 0 Å². The average molecular weight is 505 g/mol. The second-order valence-corrected chi connectivity index (χ2v) is 11.2. The molecule has 4 nitrogen and oxygen atoms in total. The van der Waals surface area contributed by atoms with Crippen LogP contribution in [0.3, 0.4) is 0 Å². The first-order chi connectivity index (χ1) is 15.2. The Kier molecular flexibility index (Phi) is 9.84. The molecule has 0 radical (unpaired) electrons. The molecule has 0 aromatic carbocycles. The summed E-state index contributed by atoms with van der Waals surface area (Å²) in [5.41, 5.74) is 2.44. The minimum atomic E-state index is -0.210. The Labute approximate surface area is 207 Å². The first-order valence-corrected chi connectivity index (χ1v) is 13.6. The number of hydrogen-bond acceptors (Lipinski definition) is 6. The zero-order valence-electron chi connectivity index (χ0n) is 17.2. The molecule has 0 spiro atoms. The van der Waals surface area contributed by atoms with Crippen molar-refractivity contribution in [3.05, 3.63) is 78.7 Å². The summed E-state index contributed by atoms with van der Waals surface area (Å²) in [6.07, 6.45) is 10.3. The molecule has 0 unspecified atom stereocenters. The van der Waals surface area contributed by atoms with Crippen molar-refractivity contribution >= 4 is 53.0 Å². The molecule has 0 bridgehead atoms. The molecule has 2 aliphatic heterocycles. The van der Waals surface area contributed by atoms with Gasteiger partial charge in [-0.2, -0.15) is 0 Å². The fourth-order valence-corrected chi connectivity index (χ4v) is 7.36. The van der Waals surface area contributed by atoms with Gasteiger partial charge in [0.05, 0.1) is 15.1 Å². The fraction of sp³-hybridized carbons (Fsp3) is 0.292. The summed E-state index contributed by atoms with van der Waals surface area (Å²) >= 11 is 6.55. The molecule has 0 fully saturated rings. The maximum Gasteiger partial charge on any atom is 0.345 e. The Morgan fingerprint density at radius 3 is 2.12 bits per heavy atom. The Hall–Kier alpha value is -1.61. The van der Waals surface area contributed by atoms with E-state index in [1.807, 2.05) is 5.41 Å². The van der Waals surface area contributed by atoms with Crippen LogP contribution in [0.1, 0.15) is 27.2 Å². The molecule has 0 amide bonds. The monoisotopic (exact) mass is 504 g/mol. The van der Waals surface area contributed by atoms with Crippen molar-refractivity contribution < 1.29 is 18.7 Å². The van der Waals surface area contributed by atoms with Crippen molar-refractivity contribution in [1.29, 1.82) is 0 Å². The Bertz CT molecular complexity index is 1010. The molecule has 168 valence electrons. The maximum atomic E-state index is 12.3. The molecule has 2 aliphatic rings. The van der Waals surface area contributed by atoms with Crippen LogP contribution in [-0.4, -0.2) is 12.6 Å². The lowest BCUT2D eigenvalue weighted by molar-refractivity contribution is -0.697. The molecule has 0 aliphatic carbocycles. The van der Waals surface area contributed by atoms with Gasteiger partial charge in [-0.25, -0.2) is 13.9 Å². The van der Waals surface area contributed by atoms with Crippen LogP contribution in [-0.2, 0) is 22.6 Å². The number of rotatable bonds is 8. The van der Waals surface area contributed by atoms with E-state index in [9.17, 15) is 4.79 Å². The highest BCUT2D eigenvalue weighted by atomic mass is 32.2. The number of aromatic nitrogens is 2. The van der Waals surface area contributed by atoms with Crippen molar-refractivity contribution in [1.82, 2.24) is 0 Å². The molecular formula is C24H28N2O2S4+2. The van der Waals surface area contributed by atoms with Crippen LogP contribution >= 0.6 is 47.0 Å². The zero-order valence-corrected chi connectivity index (χ0v) is 20.5. The highest BCUT2D eigenvalue weighted by molar-refractivity contribution is 8.33. The number of hydrogen-bond donors (Lipinski definition) is 0. The van der Waals surface area contributed by atoms with Crippen LogP contribution < -0.4 is 9.13 Å². The molecular weight excluding hydrogens is 477 g/mol. The van der Waals surface area contributed by atoms with Crippen LogP contribution in [0.25, 0.3) is 11.1 Å². The lowest BCUT2D eigenvalue weighted by Crippen LogP contribution is -2.32. The fourth-order valence-electron chi connectivity index (χ4n) is 3.03. The molecule has 8 heteroatoms. The van der Waals surface area contributed by atoms with Gasteiger partial charge in [0.1, 0.15) is 18.0 Å². The lowest BCUT2D eigenvalue weighted by Gasteiger charge is -2.05. The van der Waals surface area contributed by atoms with E-state index in [0.717, 1.165) is 25.9 Å². The Morgan fingerprint density at radius 1 is 0.875 bits per heavy atom. The average Bonchev–Trinajstić information content (AvgIpc) is 3.51. The summed E-state index contributed by atoms with van der Waals surface area (Å²) in [6, 6.07) is 8.59. The van der Waals surface area contributed by atoms with Crippen LogP contribution in [0.2, 0.25) is 0 Å². The summed E-state index contributed by atoms with van der Waals surface area (Å²) in [7, 11) is 0. The van der Waals surface area contributed by atoms with Gasteiger partial charge in [-0.1, -0.05) is 54.5 Å². The molecule has 2 aromatic heterocycles. The van der Waals surface area contributed by atoms with Gasteiger partial charge >= 0.3 is 5.97 Å². The van der Waals surface area contributed by atoms with Gasteiger partial charge in [-0.05, 0) is 40.7 Å². The minimum absolute atomic E-state index is 0. The van der Waals surface area contributed by atoms with E-state index < -0.39 is 0 Å². The Morgan fingerprint density at radius 2 is 1.50 bits per heavy atom. The van der Waals surface area contributed by atoms with E-state index in [2.05, 4.69) is 75.9 Å². The molecule has 0 atom stereocenters.